The minimum atomic E-state index is -4.43. The third-order valence-corrected chi connectivity index (χ3v) is 3.62. The molecule has 1 aromatic heterocycles. The van der Waals surface area contributed by atoms with Gasteiger partial charge in [0.05, 0.1) is 17.6 Å². The van der Waals surface area contributed by atoms with Gasteiger partial charge in [-0.15, -0.1) is 0 Å². The number of fused-ring (bicyclic) bond motifs is 1. The average molecular weight is 323 g/mol. The zero-order valence-electron chi connectivity index (χ0n) is 11.9. The van der Waals surface area contributed by atoms with E-state index in [4.69, 9.17) is 5.73 Å². The summed E-state index contributed by atoms with van der Waals surface area (Å²) < 4.78 is 52.4. The molecular formula is C16H13F4N3. The van der Waals surface area contributed by atoms with Crippen LogP contribution in [-0.2, 0) is 19.4 Å². The van der Waals surface area contributed by atoms with Crippen LogP contribution in [0.5, 0.6) is 0 Å². The van der Waals surface area contributed by atoms with Crippen molar-refractivity contribution in [1.29, 1.82) is 0 Å². The summed E-state index contributed by atoms with van der Waals surface area (Å²) in [5, 5.41) is 4.37. The van der Waals surface area contributed by atoms with Crippen molar-refractivity contribution in [3.05, 3.63) is 59.2 Å². The Balaban J connectivity index is 1.98. The van der Waals surface area contributed by atoms with Crippen molar-refractivity contribution < 1.29 is 17.6 Å². The molecule has 0 radical (unpaired) electrons. The highest BCUT2D eigenvalue weighted by atomic mass is 19.4. The van der Waals surface area contributed by atoms with E-state index in [9.17, 15) is 17.6 Å². The normalized spacial score (nSPS) is 12.0. The molecule has 0 saturated carbocycles. The topological polar surface area (TPSA) is 43.8 Å². The molecule has 0 bridgehead atoms. The smallest absolute Gasteiger partial charge is 0.382 e. The highest BCUT2D eigenvalue weighted by molar-refractivity contribution is 5.89. The molecule has 3 rings (SSSR count). The average Bonchev–Trinajstić information content (AvgIpc) is 2.83. The Morgan fingerprint density at radius 1 is 1.00 bits per heavy atom. The summed E-state index contributed by atoms with van der Waals surface area (Å²) in [5.74, 6) is 0.0477. The van der Waals surface area contributed by atoms with Crippen LogP contribution in [-0.4, -0.2) is 9.78 Å². The SMILES string of the molecule is Nc1nn(Cc2ccc(CF)cc2)c2ccc(C(F)(F)F)cc12. The lowest BCUT2D eigenvalue weighted by molar-refractivity contribution is -0.137. The van der Waals surface area contributed by atoms with Gasteiger partial charge in [0, 0.05) is 5.39 Å². The summed E-state index contributed by atoms with van der Waals surface area (Å²) in [6.07, 6.45) is -4.43. The molecule has 3 aromatic rings. The monoisotopic (exact) mass is 323 g/mol. The lowest BCUT2D eigenvalue weighted by Crippen LogP contribution is -2.05. The van der Waals surface area contributed by atoms with E-state index in [1.54, 1.807) is 24.3 Å². The fraction of sp³-hybridized carbons (Fsp3) is 0.188. The molecule has 0 aliphatic heterocycles. The highest BCUT2D eigenvalue weighted by Crippen LogP contribution is 2.33. The van der Waals surface area contributed by atoms with Crippen molar-refractivity contribution in [3.8, 4) is 0 Å². The predicted molar refractivity (Wildman–Crippen MR) is 79.5 cm³/mol. The van der Waals surface area contributed by atoms with E-state index < -0.39 is 18.4 Å². The molecule has 1 heterocycles. The third kappa shape index (κ3) is 2.99. The number of halogens is 4. The first kappa shape index (κ1) is 15.3. The van der Waals surface area contributed by atoms with Gasteiger partial charge in [0.1, 0.15) is 6.67 Å². The Labute approximate surface area is 129 Å². The van der Waals surface area contributed by atoms with Gasteiger partial charge < -0.3 is 5.73 Å². The van der Waals surface area contributed by atoms with Crippen molar-refractivity contribution >= 4 is 16.7 Å². The van der Waals surface area contributed by atoms with E-state index in [1.165, 1.54) is 10.7 Å². The van der Waals surface area contributed by atoms with E-state index >= 15 is 0 Å². The molecule has 0 aliphatic rings. The molecule has 0 fully saturated rings. The number of nitrogens with two attached hydrogens (primary N) is 1. The van der Waals surface area contributed by atoms with Crippen LogP contribution in [0.3, 0.4) is 0 Å². The summed E-state index contributed by atoms with van der Waals surface area (Å²) in [5.41, 5.74) is 6.91. The molecule has 0 saturated heterocycles. The third-order valence-electron chi connectivity index (χ3n) is 3.62. The lowest BCUT2D eigenvalue weighted by atomic mass is 10.1. The van der Waals surface area contributed by atoms with Crippen molar-refractivity contribution in [2.24, 2.45) is 0 Å². The molecular weight excluding hydrogens is 310 g/mol. The van der Waals surface area contributed by atoms with Crippen LogP contribution in [0.2, 0.25) is 0 Å². The molecule has 23 heavy (non-hydrogen) atoms. The Morgan fingerprint density at radius 3 is 2.26 bits per heavy atom. The van der Waals surface area contributed by atoms with Crippen LogP contribution in [0.25, 0.3) is 10.9 Å². The molecule has 3 nitrogen and oxygen atoms in total. The highest BCUT2D eigenvalue weighted by Gasteiger charge is 2.31. The standard InChI is InChI=1S/C16H13F4N3/c17-8-10-1-3-11(4-2-10)9-23-14-6-5-12(16(18,19)20)7-13(14)15(21)22-23/h1-7H,8-9H2,(H2,21,22). The maximum absolute atomic E-state index is 12.8. The number of rotatable bonds is 3. The van der Waals surface area contributed by atoms with Crippen LogP contribution in [0.4, 0.5) is 23.4 Å². The Morgan fingerprint density at radius 2 is 1.65 bits per heavy atom. The van der Waals surface area contributed by atoms with Gasteiger partial charge in [-0.2, -0.15) is 18.3 Å². The number of benzene rings is 2. The summed E-state index contributed by atoms with van der Waals surface area (Å²) in [4.78, 5) is 0. The van der Waals surface area contributed by atoms with Crippen molar-refractivity contribution in [3.63, 3.8) is 0 Å². The first-order valence-corrected chi connectivity index (χ1v) is 6.85. The van der Waals surface area contributed by atoms with Crippen LogP contribution >= 0.6 is 0 Å². The van der Waals surface area contributed by atoms with Gasteiger partial charge in [0.2, 0.25) is 0 Å². The van der Waals surface area contributed by atoms with Gasteiger partial charge in [-0.1, -0.05) is 24.3 Å². The predicted octanol–water partition coefficient (Wildman–Crippen LogP) is 4.16. The number of nitrogen functional groups attached to an aromatic ring is 1. The van der Waals surface area contributed by atoms with Gasteiger partial charge in [-0.25, -0.2) is 4.39 Å². The fourth-order valence-electron chi connectivity index (χ4n) is 2.41. The molecule has 0 spiro atoms. The van der Waals surface area contributed by atoms with Crippen molar-refractivity contribution in [1.82, 2.24) is 9.78 Å². The molecule has 0 unspecified atom stereocenters. The maximum Gasteiger partial charge on any atom is 0.416 e. The van der Waals surface area contributed by atoms with Crippen molar-refractivity contribution in [2.45, 2.75) is 19.4 Å². The van der Waals surface area contributed by atoms with Gasteiger partial charge in [-0.3, -0.25) is 4.68 Å². The minimum absolute atomic E-state index is 0.0477. The number of alkyl halides is 4. The molecule has 7 heteroatoms. The second-order valence-corrected chi connectivity index (χ2v) is 5.22. The number of hydrogen-bond acceptors (Lipinski definition) is 2. The fourth-order valence-corrected chi connectivity index (χ4v) is 2.41. The van der Waals surface area contributed by atoms with E-state index in [1.807, 2.05) is 0 Å². The largest absolute Gasteiger partial charge is 0.416 e. The van der Waals surface area contributed by atoms with E-state index in [2.05, 4.69) is 5.10 Å². The number of aromatic nitrogens is 2. The van der Waals surface area contributed by atoms with Crippen LogP contribution < -0.4 is 5.73 Å². The zero-order valence-corrected chi connectivity index (χ0v) is 11.9. The Kier molecular flexibility index (Phi) is 3.71. The lowest BCUT2D eigenvalue weighted by Gasteiger charge is -2.07. The van der Waals surface area contributed by atoms with E-state index in [-0.39, 0.29) is 11.2 Å². The Bertz CT molecular complexity index is 835. The summed E-state index contributed by atoms with van der Waals surface area (Å²) in [7, 11) is 0. The van der Waals surface area contributed by atoms with Crippen LogP contribution in [0, 0.1) is 0 Å². The Hall–Kier alpha value is -2.57. The molecule has 120 valence electrons. The zero-order chi connectivity index (χ0) is 16.6. The summed E-state index contributed by atoms with van der Waals surface area (Å²) >= 11 is 0. The maximum atomic E-state index is 12.8. The number of anilines is 1. The second-order valence-electron chi connectivity index (χ2n) is 5.22. The molecule has 2 aromatic carbocycles. The van der Waals surface area contributed by atoms with Crippen LogP contribution in [0.1, 0.15) is 16.7 Å². The van der Waals surface area contributed by atoms with E-state index in [0.29, 0.717) is 17.6 Å². The quantitative estimate of drug-likeness (QED) is 0.736. The number of nitrogens with zero attached hydrogens (tertiary/aromatic N) is 2. The van der Waals surface area contributed by atoms with Crippen molar-refractivity contribution in [2.75, 3.05) is 5.73 Å². The van der Waals surface area contributed by atoms with E-state index in [0.717, 1.165) is 17.7 Å². The van der Waals surface area contributed by atoms with Gasteiger partial charge >= 0.3 is 6.18 Å². The summed E-state index contributed by atoms with van der Waals surface area (Å²) in [6, 6.07) is 10.2. The molecule has 0 atom stereocenters. The first-order chi connectivity index (χ1) is 10.9. The van der Waals surface area contributed by atoms with Gasteiger partial charge in [-0.05, 0) is 29.3 Å². The second kappa shape index (κ2) is 5.57. The molecule has 2 N–H and O–H groups in total. The number of hydrogen-bond donors (Lipinski definition) is 1. The summed E-state index contributed by atoms with van der Waals surface area (Å²) in [6.45, 7) is -0.205. The first-order valence-electron chi connectivity index (χ1n) is 6.85. The molecule has 0 amide bonds. The van der Waals surface area contributed by atoms with Gasteiger partial charge in [0.25, 0.3) is 0 Å². The van der Waals surface area contributed by atoms with Gasteiger partial charge in [0.15, 0.2) is 5.82 Å². The van der Waals surface area contributed by atoms with Crippen LogP contribution in [0.15, 0.2) is 42.5 Å². The minimum Gasteiger partial charge on any atom is -0.382 e. The molecule has 0 aliphatic carbocycles.